The first-order valence-electron chi connectivity index (χ1n) is 11.8. The third-order valence-electron chi connectivity index (χ3n) is 6.30. The van der Waals surface area contributed by atoms with Crippen molar-refractivity contribution in [1.82, 2.24) is 19.6 Å². The van der Waals surface area contributed by atoms with E-state index in [1.165, 1.54) is 0 Å². The summed E-state index contributed by atoms with van der Waals surface area (Å²) < 4.78 is 13.4. The van der Waals surface area contributed by atoms with Crippen LogP contribution in [0.1, 0.15) is 50.8 Å². The molecular formula is C27H28N4O4. The summed E-state index contributed by atoms with van der Waals surface area (Å²) in [6, 6.07) is 14.7. The van der Waals surface area contributed by atoms with Gasteiger partial charge in [-0.3, -0.25) is 9.59 Å². The number of para-hydroxylation sites is 1. The average Bonchev–Trinajstić information content (AvgIpc) is 3.50. The lowest BCUT2D eigenvalue weighted by Gasteiger charge is -2.32. The Kier molecular flexibility index (Phi) is 6.27. The maximum atomic E-state index is 13.3. The summed E-state index contributed by atoms with van der Waals surface area (Å²) in [6.07, 6.45) is 5.26. The fourth-order valence-corrected chi connectivity index (χ4v) is 4.41. The first-order valence-corrected chi connectivity index (χ1v) is 11.8. The van der Waals surface area contributed by atoms with Crippen LogP contribution in [0.2, 0.25) is 0 Å². The Hall–Kier alpha value is -4.07. The van der Waals surface area contributed by atoms with Crippen LogP contribution in [-0.4, -0.2) is 45.2 Å². The molecule has 8 heteroatoms. The highest BCUT2D eigenvalue weighted by molar-refractivity contribution is 5.97. The van der Waals surface area contributed by atoms with E-state index in [2.05, 4.69) is 10.3 Å². The smallest absolute Gasteiger partial charge is 0.287 e. The number of likely N-dealkylation sites (tertiary alicyclic amines) is 1. The van der Waals surface area contributed by atoms with Gasteiger partial charge in [-0.25, -0.2) is 4.98 Å². The van der Waals surface area contributed by atoms with E-state index in [4.69, 9.17) is 9.15 Å². The highest BCUT2D eigenvalue weighted by Gasteiger charge is 2.27. The number of benzene rings is 1. The van der Waals surface area contributed by atoms with Crippen molar-refractivity contribution >= 4 is 17.5 Å². The number of rotatable bonds is 6. The van der Waals surface area contributed by atoms with Gasteiger partial charge in [0.15, 0.2) is 5.76 Å². The number of nitrogens with zero attached hydrogens (tertiary/aromatic N) is 3. The topological polar surface area (TPSA) is 89.1 Å². The predicted octanol–water partition coefficient (Wildman–Crippen LogP) is 4.16. The second kappa shape index (κ2) is 9.66. The molecule has 4 aromatic rings. The van der Waals surface area contributed by atoms with Crippen LogP contribution in [0.25, 0.3) is 5.65 Å². The fraction of sp³-hybridized carbons (Fsp3) is 0.296. The zero-order chi connectivity index (χ0) is 24.4. The van der Waals surface area contributed by atoms with Crippen LogP contribution < -0.4 is 10.1 Å². The molecule has 0 spiro atoms. The van der Waals surface area contributed by atoms with Gasteiger partial charge < -0.3 is 23.8 Å². The SMILES string of the molecule is Cc1ccc(C(=O)NC2CCN(C(=O)c3ccccc3OCc3cn4cccc(C)c4n3)CC2)o1. The minimum Gasteiger partial charge on any atom is -0.486 e. The number of ether oxygens (including phenoxy) is 1. The van der Waals surface area contributed by atoms with Gasteiger partial charge >= 0.3 is 0 Å². The van der Waals surface area contributed by atoms with Crippen LogP contribution in [0.4, 0.5) is 0 Å². The molecule has 1 N–H and O–H groups in total. The largest absolute Gasteiger partial charge is 0.486 e. The van der Waals surface area contributed by atoms with Crippen molar-refractivity contribution in [1.29, 1.82) is 0 Å². The van der Waals surface area contributed by atoms with E-state index in [-0.39, 0.29) is 24.5 Å². The molecule has 1 saturated heterocycles. The second-order valence-electron chi connectivity index (χ2n) is 8.89. The molecule has 180 valence electrons. The summed E-state index contributed by atoms with van der Waals surface area (Å²) in [5, 5.41) is 3.01. The average molecular weight is 473 g/mol. The van der Waals surface area contributed by atoms with Gasteiger partial charge in [-0.15, -0.1) is 0 Å². The molecule has 1 aromatic carbocycles. The quantitative estimate of drug-likeness (QED) is 0.455. The van der Waals surface area contributed by atoms with Crippen molar-refractivity contribution in [2.45, 2.75) is 39.3 Å². The lowest BCUT2D eigenvalue weighted by molar-refractivity contribution is 0.0691. The Morgan fingerprint density at radius 1 is 1.09 bits per heavy atom. The summed E-state index contributed by atoms with van der Waals surface area (Å²) in [7, 11) is 0. The molecule has 1 aliphatic rings. The number of aryl methyl sites for hydroxylation is 2. The molecule has 1 aliphatic heterocycles. The summed E-state index contributed by atoms with van der Waals surface area (Å²) in [4.78, 5) is 32.1. The number of carbonyl (C=O) groups is 2. The van der Waals surface area contributed by atoms with Gasteiger partial charge in [-0.05, 0) is 62.6 Å². The first-order chi connectivity index (χ1) is 17.0. The highest BCUT2D eigenvalue weighted by atomic mass is 16.5. The minimum atomic E-state index is -0.219. The number of amides is 2. The standard InChI is InChI=1S/C27H28N4O4/c1-18-6-5-13-31-16-21(28-25(18)31)17-34-23-8-4-3-7-22(23)27(33)30-14-11-20(12-15-30)29-26(32)24-10-9-19(2)35-24/h3-10,13,16,20H,11-12,14-15,17H2,1-2H3,(H,29,32). The van der Waals surface area contributed by atoms with Crippen molar-refractivity contribution in [2.24, 2.45) is 0 Å². The number of pyridine rings is 1. The number of hydrogen-bond acceptors (Lipinski definition) is 5. The number of fused-ring (bicyclic) bond motifs is 1. The number of imidazole rings is 1. The molecule has 1 fully saturated rings. The molecule has 3 aromatic heterocycles. The molecule has 5 rings (SSSR count). The van der Waals surface area contributed by atoms with Gasteiger partial charge in [0.2, 0.25) is 0 Å². The molecule has 8 nitrogen and oxygen atoms in total. The number of furan rings is 1. The number of nitrogens with one attached hydrogen (secondary N) is 1. The Bertz CT molecular complexity index is 1360. The van der Waals surface area contributed by atoms with Gasteiger partial charge in [0.25, 0.3) is 11.8 Å². The van der Waals surface area contributed by atoms with Crippen molar-refractivity contribution in [3.05, 3.63) is 89.3 Å². The van der Waals surface area contributed by atoms with Crippen LogP contribution in [-0.2, 0) is 6.61 Å². The molecule has 2 amide bonds. The second-order valence-corrected chi connectivity index (χ2v) is 8.89. The van der Waals surface area contributed by atoms with Gasteiger partial charge in [0, 0.05) is 31.5 Å². The fourth-order valence-electron chi connectivity index (χ4n) is 4.41. The summed E-state index contributed by atoms with van der Waals surface area (Å²) in [5.41, 5.74) is 3.31. The maximum Gasteiger partial charge on any atom is 0.287 e. The maximum absolute atomic E-state index is 13.3. The van der Waals surface area contributed by atoms with Gasteiger partial charge in [0.05, 0.1) is 11.3 Å². The van der Waals surface area contributed by atoms with E-state index >= 15 is 0 Å². The Balaban J connectivity index is 1.20. The molecule has 0 aliphatic carbocycles. The number of carbonyl (C=O) groups excluding carboxylic acids is 2. The van der Waals surface area contributed by atoms with E-state index in [0.29, 0.717) is 48.8 Å². The van der Waals surface area contributed by atoms with Crippen molar-refractivity contribution in [2.75, 3.05) is 13.1 Å². The normalized spacial score (nSPS) is 14.3. The van der Waals surface area contributed by atoms with E-state index in [1.54, 1.807) is 25.1 Å². The molecule has 0 atom stereocenters. The van der Waals surface area contributed by atoms with Crippen LogP contribution in [0, 0.1) is 13.8 Å². The van der Waals surface area contributed by atoms with Gasteiger partial charge in [-0.2, -0.15) is 0 Å². The predicted molar refractivity (Wildman–Crippen MR) is 131 cm³/mol. The molecule has 35 heavy (non-hydrogen) atoms. The van der Waals surface area contributed by atoms with E-state index < -0.39 is 0 Å². The van der Waals surface area contributed by atoms with Crippen LogP contribution in [0.5, 0.6) is 5.75 Å². The summed E-state index contributed by atoms with van der Waals surface area (Å²) in [6.45, 7) is 5.21. The molecule has 0 saturated carbocycles. The third-order valence-corrected chi connectivity index (χ3v) is 6.30. The van der Waals surface area contributed by atoms with Gasteiger partial charge in [0.1, 0.15) is 23.8 Å². The number of piperidine rings is 1. The van der Waals surface area contributed by atoms with Crippen molar-refractivity contribution in [3.63, 3.8) is 0 Å². The van der Waals surface area contributed by atoms with E-state index in [1.807, 2.05) is 58.9 Å². The third kappa shape index (κ3) is 4.91. The highest BCUT2D eigenvalue weighted by Crippen LogP contribution is 2.23. The molecular weight excluding hydrogens is 444 g/mol. The zero-order valence-electron chi connectivity index (χ0n) is 19.9. The number of hydrogen-bond donors (Lipinski definition) is 1. The van der Waals surface area contributed by atoms with E-state index in [0.717, 1.165) is 16.9 Å². The van der Waals surface area contributed by atoms with Crippen molar-refractivity contribution < 1.29 is 18.7 Å². The Morgan fingerprint density at radius 2 is 1.89 bits per heavy atom. The van der Waals surface area contributed by atoms with Crippen LogP contribution >= 0.6 is 0 Å². The molecule has 0 unspecified atom stereocenters. The first kappa shape index (κ1) is 22.7. The minimum absolute atomic E-state index is 0.00181. The molecule has 0 radical (unpaired) electrons. The lowest BCUT2D eigenvalue weighted by atomic mass is 10.0. The Morgan fingerprint density at radius 3 is 2.63 bits per heavy atom. The number of aromatic nitrogens is 2. The van der Waals surface area contributed by atoms with Crippen molar-refractivity contribution in [3.8, 4) is 5.75 Å². The monoisotopic (exact) mass is 472 g/mol. The lowest BCUT2D eigenvalue weighted by Crippen LogP contribution is -2.46. The molecule has 4 heterocycles. The molecule has 0 bridgehead atoms. The summed E-state index contributed by atoms with van der Waals surface area (Å²) in [5.74, 6) is 1.26. The summed E-state index contributed by atoms with van der Waals surface area (Å²) >= 11 is 0. The van der Waals surface area contributed by atoms with E-state index in [9.17, 15) is 9.59 Å². The zero-order valence-corrected chi connectivity index (χ0v) is 19.9. The van der Waals surface area contributed by atoms with Crippen LogP contribution in [0.3, 0.4) is 0 Å². The van der Waals surface area contributed by atoms with Gasteiger partial charge in [-0.1, -0.05) is 18.2 Å². The van der Waals surface area contributed by atoms with Crippen LogP contribution in [0.15, 0.2) is 65.3 Å². The Labute approximate surface area is 203 Å².